The maximum Gasteiger partial charge on any atom is 0.329 e. The number of nitro groups is 1. The predicted molar refractivity (Wildman–Crippen MR) is 87.6 cm³/mol. The Morgan fingerprint density at radius 3 is 2.54 bits per heavy atom. The van der Waals surface area contributed by atoms with Crippen LogP contribution in [-0.4, -0.2) is 27.4 Å². The van der Waals surface area contributed by atoms with Crippen LogP contribution in [0.5, 0.6) is 0 Å². The minimum absolute atomic E-state index is 0.0811. The highest BCUT2D eigenvalue weighted by Gasteiger charge is 2.43. The number of carboxylic acids is 1. The van der Waals surface area contributed by atoms with Crippen LogP contribution < -0.4 is 11.1 Å². The molecule has 1 aliphatic rings. The standard InChI is InChI=1S/C16H21N3O5/c1-2-10-6-8-16(9-7-10,15(21)22)18-14(20)11-4-3-5-12(13(11)17)19(23)24/h3-5,10H,2,6-9,17H2,1H3,(H,18,20)(H,21,22). The number of hydrogen-bond donors (Lipinski definition) is 3. The van der Waals surface area contributed by atoms with Crippen molar-refractivity contribution in [1.82, 2.24) is 5.32 Å². The van der Waals surface area contributed by atoms with Crippen molar-refractivity contribution >= 4 is 23.3 Å². The number of para-hydroxylation sites is 1. The molecule has 8 nitrogen and oxygen atoms in total. The average molecular weight is 335 g/mol. The van der Waals surface area contributed by atoms with Crippen molar-refractivity contribution in [3.8, 4) is 0 Å². The number of nitrogens with one attached hydrogen (secondary N) is 1. The van der Waals surface area contributed by atoms with Gasteiger partial charge in [0.2, 0.25) is 0 Å². The van der Waals surface area contributed by atoms with E-state index in [4.69, 9.17) is 5.73 Å². The van der Waals surface area contributed by atoms with Gasteiger partial charge in [-0.3, -0.25) is 14.9 Å². The van der Waals surface area contributed by atoms with Gasteiger partial charge < -0.3 is 16.2 Å². The van der Waals surface area contributed by atoms with Gasteiger partial charge in [-0.2, -0.15) is 0 Å². The van der Waals surface area contributed by atoms with Gasteiger partial charge in [0, 0.05) is 6.07 Å². The fraction of sp³-hybridized carbons (Fsp3) is 0.500. The number of carbonyl (C=O) groups excluding carboxylic acids is 1. The van der Waals surface area contributed by atoms with Crippen LogP contribution in [0.25, 0.3) is 0 Å². The second-order valence-electron chi connectivity index (χ2n) is 6.19. The van der Waals surface area contributed by atoms with E-state index in [0.717, 1.165) is 6.42 Å². The number of benzene rings is 1. The van der Waals surface area contributed by atoms with Gasteiger partial charge in [-0.05, 0) is 37.7 Å². The number of nitro benzene ring substituents is 1. The van der Waals surface area contributed by atoms with E-state index < -0.39 is 22.3 Å². The fourth-order valence-electron chi connectivity index (χ4n) is 3.17. The zero-order chi connectivity index (χ0) is 17.9. The second-order valence-corrected chi connectivity index (χ2v) is 6.19. The number of rotatable bonds is 5. The number of aliphatic carboxylic acids is 1. The molecule has 0 aliphatic heterocycles. The summed E-state index contributed by atoms with van der Waals surface area (Å²) in [4.78, 5) is 34.5. The Bertz CT molecular complexity index is 666. The van der Waals surface area contributed by atoms with Crippen molar-refractivity contribution in [2.24, 2.45) is 5.92 Å². The molecular formula is C16H21N3O5. The van der Waals surface area contributed by atoms with E-state index in [9.17, 15) is 24.8 Å². The lowest BCUT2D eigenvalue weighted by Crippen LogP contribution is -2.56. The van der Waals surface area contributed by atoms with Crippen molar-refractivity contribution in [3.63, 3.8) is 0 Å². The molecule has 0 atom stereocenters. The van der Waals surface area contributed by atoms with E-state index in [1.165, 1.54) is 18.2 Å². The number of nitrogens with two attached hydrogens (primary N) is 1. The molecule has 1 fully saturated rings. The summed E-state index contributed by atoms with van der Waals surface area (Å²) in [6.07, 6.45) is 3.07. The van der Waals surface area contributed by atoms with Crippen LogP contribution in [0.2, 0.25) is 0 Å². The Morgan fingerprint density at radius 2 is 2.04 bits per heavy atom. The van der Waals surface area contributed by atoms with E-state index >= 15 is 0 Å². The third kappa shape index (κ3) is 3.32. The van der Waals surface area contributed by atoms with Crippen LogP contribution in [0.15, 0.2) is 18.2 Å². The number of amides is 1. The Morgan fingerprint density at radius 1 is 1.42 bits per heavy atom. The van der Waals surface area contributed by atoms with Crippen LogP contribution in [0.4, 0.5) is 11.4 Å². The molecule has 1 saturated carbocycles. The van der Waals surface area contributed by atoms with E-state index in [2.05, 4.69) is 12.2 Å². The highest BCUT2D eigenvalue weighted by atomic mass is 16.6. The first kappa shape index (κ1) is 17.7. The lowest BCUT2D eigenvalue weighted by Gasteiger charge is -2.37. The zero-order valence-electron chi connectivity index (χ0n) is 13.4. The fourth-order valence-corrected chi connectivity index (χ4v) is 3.17. The lowest BCUT2D eigenvalue weighted by molar-refractivity contribution is -0.383. The normalized spacial score (nSPS) is 23.5. The first-order valence-corrected chi connectivity index (χ1v) is 7.89. The molecular weight excluding hydrogens is 314 g/mol. The van der Waals surface area contributed by atoms with Gasteiger partial charge in [-0.15, -0.1) is 0 Å². The number of hydrogen-bond acceptors (Lipinski definition) is 5. The summed E-state index contributed by atoms with van der Waals surface area (Å²) in [5.41, 5.74) is 3.64. The van der Waals surface area contributed by atoms with Gasteiger partial charge >= 0.3 is 5.97 Å². The first-order valence-electron chi connectivity index (χ1n) is 7.89. The van der Waals surface area contributed by atoms with E-state index in [1.54, 1.807) is 0 Å². The van der Waals surface area contributed by atoms with Crippen LogP contribution in [0.3, 0.4) is 0 Å². The van der Waals surface area contributed by atoms with Crippen molar-refractivity contribution in [1.29, 1.82) is 0 Å². The van der Waals surface area contributed by atoms with Gasteiger partial charge in [0.05, 0.1) is 10.5 Å². The van der Waals surface area contributed by atoms with Gasteiger partial charge in [0.25, 0.3) is 11.6 Å². The quantitative estimate of drug-likeness (QED) is 0.429. The Hall–Kier alpha value is -2.64. The zero-order valence-corrected chi connectivity index (χ0v) is 13.4. The molecule has 0 radical (unpaired) electrons. The Labute approximate surface area is 139 Å². The van der Waals surface area contributed by atoms with Crippen molar-refractivity contribution in [2.75, 3.05) is 5.73 Å². The molecule has 0 aromatic heterocycles. The van der Waals surface area contributed by atoms with Crippen LogP contribution >= 0.6 is 0 Å². The Balaban J connectivity index is 2.25. The molecule has 0 heterocycles. The molecule has 1 aromatic carbocycles. The second kappa shape index (κ2) is 6.86. The minimum Gasteiger partial charge on any atom is -0.480 e. The molecule has 1 aliphatic carbocycles. The predicted octanol–water partition coefficient (Wildman–Crippen LogP) is 2.33. The largest absolute Gasteiger partial charge is 0.480 e. The average Bonchev–Trinajstić information content (AvgIpc) is 2.55. The highest BCUT2D eigenvalue weighted by molar-refractivity contribution is 6.03. The van der Waals surface area contributed by atoms with Gasteiger partial charge in [0.15, 0.2) is 0 Å². The molecule has 130 valence electrons. The SMILES string of the molecule is CCC1CCC(NC(=O)c2cccc([N+](=O)[O-])c2N)(C(=O)O)CC1. The molecule has 4 N–H and O–H groups in total. The monoisotopic (exact) mass is 335 g/mol. The molecule has 0 bridgehead atoms. The maximum absolute atomic E-state index is 12.5. The molecule has 8 heteroatoms. The van der Waals surface area contributed by atoms with Crippen molar-refractivity contribution < 1.29 is 19.6 Å². The van der Waals surface area contributed by atoms with Crippen LogP contribution in [0, 0.1) is 16.0 Å². The van der Waals surface area contributed by atoms with E-state index in [0.29, 0.717) is 31.6 Å². The summed E-state index contributed by atoms with van der Waals surface area (Å²) in [5, 5.41) is 23.1. The molecule has 0 saturated heterocycles. The van der Waals surface area contributed by atoms with Crippen LogP contribution in [0.1, 0.15) is 49.4 Å². The topological polar surface area (TPSA) is 136 Å². The molecule has 1 amide bonds. The summed E-state index contributed by atoms with van der Waals surface area (Å²) in [5.74, 6) is -1.33. The van der Waals surface area contributed by atoms with E-state index in [-0.39, 0.29) is 16.9 Å². The van der Waals surface area contributed by atoms with Crippen molar-refractivity contribution in [2.45, 2.75) is 44.6 Å². The molecule has 2 rings (SSSR count). The molecule has 0 unspecified atom stereocenters. The highest BCUT2D eigenvalue weighted by Crippen LogP contribution is 2.35. The summed E-state index contributed by atoms with van der Waals surface area (Å²) < 4.78 is 0. The van der Waals surface area contributed by atoms with Crippen LogP contribution in [-0.2, 0) is 4.79 Å². The molecule has 0 spiro atoms. The summed E-state index contributed by atoms with van der Waals surface area (Å²) in [6, 6.07) is 3.90. The number of carbonyl (C=O) groups is 2. The summed E-state index contributed by atoms with van der Waals surface area (Å²) in [6.45, 7) is 2.06. The number of nitrogen functional groups attached to an aromatic ring is 1. The molecule has 1 aromatic rings. The lowest BCUT2D eigenvalue weighted by atomic mass is 9.75. The Kier molecular flexibility index (Phi) is 5.06. The summed E-state index contributed by atoms with van der Waals surface area (Å²) >= 11 is 0. The first-order chi connectivity index (χ1) is 11.3. The van der Waals surface area contributed by atoms with Gasteiger partial charge in [-0.25, -0.2) is 4.79 Å². The summed E-state index contributed by atoms with van der Waals surface area (Å²) in [7, 11) is 0. The van der Waals surface area contributed by atoms with Gasteiger partial charge in [0.1, 0.15) is 11.2 Å². The van der Waals surface area contributed by atoms with Crippen molar-refractivity contribution in [3.05, 3.63) is 33.9 Å². The smallest absolute Gasteiger partial charge is 0.329 e. The maximum atomic E-state index is 12.5. The third-order valence-electron chi connectivity index (χ3n) is 4.82. The number of anilines is 1. The number of nitrogens with zero attached hydrogens (tertiary/aromatic N) is 1. The van der Waals surface area contributed by atoms with Gasteiger partial charge in [-0.1, -0.05) is 19.4 Å². The van der Waals surface area contributed by atoms with E-state index in [1.807, 2.05) is 0 Å². The molecule has 24 heavy (non-hydrogen) atoms. The minimum atomic E-state index is -1.35. The number of carboxylic acid groups (broad SMARTS) is 1. The third-order valence-corrected chi connectivity index (χ3v) is 4.82.